The summed E-state index contributed by atoms with van der Waals surface area (Å²) in [6, 6.07) is 6.76. The number of ether oxygens (including phenoxy) is 2. The van der Waals surface area contributed by atoms with Crippen LogP contribution in [-0.2, 0) is 4.74 Å². The van der Waals surface area contributed by atoms with Crippen molar-refractivity contribution in [2.24, 2.45) is 0 Å². The second-order valence-electron chi connectivity index (χ2n) is 6.40. The summed E-state index contributed by atoms with van der Waals surface area (Å²) in [7, 11) is 2.04. The molecule has 0 radical (unpaired) electrons. The Balaban J connectivity index is 1.78. The molecule has 134 valence electrons. The van der Waals surface area contributed by atoms with Crippen molar-refractivity contribution < 1.29 is 18.7 Å². The number of hydrogen-bond acceptors (Lipinski definition) is 6. The average molecular weight is 345 g/mol. The normalized spacial score (nSPS) is 16.1. The lowest BCUT2D eigenvalue weighted by atomic mass is 10.1. The van der Waals surface area contributed by atoms with Gasteiger partial charge in [0.15, 0.2) is 0 Å². The van der Waals surface area contributed by atoms with E-state index in [-0.39, 0.29) is 11.7 Å². The van der Waals surface area contributed by atoms with Crippen LogP contribution in [0.4, 0.5) is 0 Å². The first kappa shape index (κ1) is 17.5. The first-order chi connectivity index (χ1) is 12.1. The van der Waals surface area contributed by atoms with E-state index in [0.717, 1.165) is 32.4 Å². The van der Waals surface area contributed by atoms with E-state index in [1.807, 2.05) is 14.0 Å². The van der Waals surface area contributed by atoms with Crippen LogP contribution in [0, 0.1) is 0 Å². The first-order valence-electron chi connectivity index (χ1n) is 8.67. The zero-order valence-electron chi connectivity index (χ0n) is 14.6. The van der Waals surface area contributed by atoms with E-state index in [2.05, 4.69) is 4.90 Å². The summed E-state index contributed by atoms with van der Waals surface area (Å²) in [6.07, 6.45) is 2.30. The Labute approximate surface area is 146 Å². The lowest BCUT2D eigenvalue weighted by molar-refractivity contribution is 0.0135. The van der Waals surface area contributed by atoms with Gasteiger partial charge in [-0.2, -0.15) is 0 Å². The number of hydrogen-bond donors (Lipinski definition) is 0. The second-order valence-corrected chi connectivity index (χ2v) is 6.40. The highest BCUT2D eigenvalue weighted by Crippen LogP contribution is 2.21. The van der Waals surface area contributed by atoms with Crippen molar-refractivity contribution >= 4 is 16.9 Å². The molecule has 0 saturated carbocycles. The SMILES string of the molecule is CCCOc1ccc2cc(C(=O)OC3CCN(C)CC3)c(=O)oc2c1. The number of nitrogens with zero attached hydrogens (tertiary/aromatic N) is 1. The summed E-state index contributed by atoms with van der Waals surface area (Å²) in [4.78, 5) is 26.7. The summed E-state index contributed by atoms with van der Waals surface area (Å²) in [5.41, 5.74) is -0.346. The van der Waals surface area contributed by atoms with Crippen molar-refractivity contribution in [1.82, 2.24) is 4.90 Å². The number of esters is 1. The largest absolute Gasteiger partial charge is 0.493 e. The lowest BCUT2D eigenvalue weighted by Gasteiger charge is -2.28. The summed E-state index contributed by atoms with van der Waals surface area (Å²) in [5.74, 6) is 0.0238. The molecule has 1 fully saturated rings. The zero-order chi connectivity index (χ0) is 17.8. The highest BCUT2D eigenvalue weighted by Gasteiger charge is 2.23. The van der Waals surface area contributed by atoms with Gasteiger partial charge in [0, 0.05) is 24.5 Å². The summed E-state index contributed by atoms with van der Waals surface area (Å²) in [6.45, 7) is 4.37. The van der Waals surface area contributed by atoms with Gasteiger partial charge in [0.25, 0.3) is 0 Å². The Hall–Kier alpha value is -2.34. The van der Waals surface area contributed by atoms with Crippen LogP contribution in [0.1, 0.15) is 36.5 Å². The Kier molecular flexibility index (Phi) is 5.38. The van der Waals surface area contributed by atoms with Crippen molar-refractivity contribution in [3.8, 4) is 5.75 Å². The van der Waals surface area contributed by atoms with Gasteiger partial charge in [0.1, 0.15) is 23.0 Å². The molecule has 0 bridgehead atoms. The van der Waals surface area contributed by atoms with Crippen LogP contribution < -0.4 is 10.4 Å². The molecule has 1 aromatic heterocycles. The fourth-order valence-corrected chi connectivity index (χ4v) is 2.86. The molecule has 1 saturated heterocycles. The maximum Gasteiger partial charge on any atom is 0.351 e. The molecule has 1 aliphatic rings. The first-order valence-corrected chi connectivity index (χ1v) is 8.67. The Bertz CT molecular complexity index is 805. The van der Waals surface area contributed by atoms with Crippen LogP contribution in [-0.4, -0.2) is 43.7 Å². The van der Waals surface area contributed by atoms with Crippen LogP contribution in [0.5, 0.6) is 5.75 Å². The van der Waals surface area contributed by atoms with E-state index in [9.17, 15) is 9.59 Å². The quantitative estimate of drug-likeness (QED) is 0.613. The van der Waals surface area contributed by atoms with Gasteiger partial charge in [0.05, 0.1) is 6.61 Å². The fourth-order valence-electron chi connectivity index (χ4n) is 2.86. The number of rotatable bonds is 5. The summed E-state index contributed by atoms with van der Waals surface area (Å²) in [5, 5.41) is 0.666. The highest BCUT2D eigenvalue weighted by atomic mass is 16.5. The van der Waals surface area contributed by atoms with Crippen LogP contribution in [0.25, 0.3) is 11.0 Å². The van der Waals surface area contributed by atoms with Crippen LogP contribution in [0.3, 0.4) is 0 Å². The van der Waals surface area contributed by atoms with Crippen molar-refractivity contribution in [3.05, 3.63) is 40.2 Å². The van der Waals surface area contributed by atoms with Crippen molar-refractivity contribution in [2.75, 3.05) is 26.7 Å². The van der Waals surface area contributed by atoms with Gasteiger partial charge >= 0.3 is 11.6 Å². The highest BCUT2D eigenvalue weighted by molar-refractivity contribution is 5.93. The maximum absolute atomic E-state index is 12.3. The number of likely N-dealkylation sites (tertiary alicyclic amines) is 1. The number of fused-ring (bicyclic) bond motifs is 1. The molecule has 1 aliphatic heterocycles. The standard InChI is InChI=1S/C19H23NO5/c1-3-10-23-15-5-4-13-11-16(19(22)25-17(13)12-15)18(21)24-14-6-8-20(2)9-7-14/h4-5,11-12,14H,3,6-10H2,1-2H3. The number of piperidine rings is 1. The molecule has 0 amide bonds. The summed E-state index contributed by atoms with van der Waals surface area (Å²) < 4.78 is 16.3. The molecule has 2 heterocycles. The minimum atomic E-state index is -0.682. The molecule has 0 N–H and O–H groups in total. The minimum absolute atomic E-state index is 0.0614. The van der Waals surface area contributed by atoms with E-state index in [1.165, 1.54) is 6.07 Å². The summed E-state index contributed by atoms with van der Waals surface area (Å²) >= 11 is 0. The molecule has 1 aromatic carbocycles. The Morgan fingerprint density at radius 3 is 2.76 bits per heavy atom. The molecular weight excluding hydrogens is 322 g/mol. The molecule has 2 aromatic rings. The number of carbonyl (C=O) groups is 1. The molecule has 25 heavy (non-hydrogen) atoms. The minimum Gasteiger partial charge on any atom is -0.493 e. The van der Waals surface area contributed by atoms with Gasteiger partial charge in [-0.1, -0.05) is 6.92 Å². The van der Waals surface area contributed by atoms with Gasteiger partial charge in [-0.25, -0.2) is 9.59 Å². The topological polar surface area (TPSA) is 69.0 Å². The van der Waals surface area contributed by atoms with Crippen molar-refractivity contribution in [1.29, 1.82) is 0 Å². The molecule has 6 nitrogen and oxygen atoms in total. The molecule has 0 spiro atoms. The van der Waals surface area contributed by atoms with Gasteiger partial charge in [-0.3, -0.25) is 0 Å². The third-order valence-electron chi connectivity index (χ3n) is 4.34. The van der Waals surface area contributed by atoms with E-state index in [4.69, 9.17) is 13.9 Å². The Morgan fingerprint density at radius 2 is 2.04 bits per heavy atom. The molecular formula is C19H23NO5. The van der Waals surface area contributed by atoms with Gasteiger partial charge < -0.3 is 18.8 Å². The molecule has 0 unspecified atom stereocenters. The number of carbonyl (C=O) groups excluding carboxylic acids is 1. The predicted molar refractivity (Wildman–Crippen MR) is 94.2 cm³/mol. The zero-order valence-corrected chi connectivity index (χ0v) is 14.6. The third kappa shape index (κ3) is 4.20. The van der Waals surface area contributed by atoms with Gasteiger partial charge in [-0.05, 0) is 44.5 Å². The van der Waals surface area contributed by atoms with Gasteiger partial charge in [-0.15, -0.1) is 0 Å². The maximum atomic E-state index is 12.3. The number of benzene rings is 1. The van der Waals surface area contributed by atoms with E-state index >= 15 is 0 Å². The van der Waals surface area contributed by atoms with E-state index in [1.54, 1.807) is 18.2 Å². The fraction of sp³-hybridized carbons (Fsp3) is 0.474. The van der Waals surface area contributed by atoms with E-state index < -0.39 is 11.6 Å². The second kappa shape index (κ2) is 7.70. The van der Waals surface area contributed by atoms with Crippen LogP contribution in [0.15, 0.2) is 33.5 Å². The third-order valence-corrected chi connectivity index (χ3v) is 4.34. The average Bonchev–Trinajstić information content (AvgIpc) is 2.61. The molecule has 0 atom stereocenters. The monoisotopic (exact) mass is 345 g/mol. The van der Waals surface area contributed by atoms with Crippen molar-refractivity contribution in [2.45, 2.75) is 32.3 Å². The van der Waals surface area contributed by atoms with Crippen LogP contribution >= 0.6 is 0 Å². The smallest absolute Gasteiger partial charge is 0.351 e. The Morgan fingerprint density at radius 1 is 1.28 bits per heavy atom. The van der Waals surface area contributed by atoms with Crippen LogP contribution in [0.2, 0.25) is 0 Å². The lowest BCUT2D eigenvalue weighted by Crippen LogP contribution is -2.35. The molecule has 3 rings (SSSR count). The van der Waals surface area contributed by atoms with Crippen molar-refractivity contribution in [3.63, 3.8) is 0 Å². The van der Waals surface area contributed by atoms with E-state index in [0.29, 0.717) is 23.3 Å². The van der Waals surface area contributed by atoms with Gasteiger partial charge in [0.2, 0.25) is 0 Å². The molecule has 6 heteroatoms. The molecule has 0 aliphatic carbocycles. The predicted octanol–water partition coefficient (Wildman–Crippen LogP) is 2.83.